The Labute approximate surface area is 175 Å². The zero-order chi connectivity index (χ0) is 21.7. The van der Waals surface area contributed by atoms with Crippen molar-refractivity contribution < 1.29 is 28.6 Å². The first-order chi connectivity index (χ1) is 14.4. The van der Waals surface area contributed by atoms with E-state index in [9.17, 15) is 14.4 Å². The van der Waals surface area contributed by atoms with Gasteiger partial charge in [0.25, 0.3) is 5.91 Å². The summed E-state index contributed by atoms with van der Waals surface area (Å²) in [6, 6.07) is 11.2. The topological polar surface area (TPSA) is 90.9 Å². The van der Waals surface area contributed by atoms with Gasteiger partial charge in [0.15, 0.2) is 23.9 Å². The van der Waals surface area contributed by atoms with Crippen LogP contribution in [0.15, 0.2) is 42.5 Å². The molecule has 1 aliphatic rings. The highest BCUT2D eigenvalue weighted by atomic mass is 16.6. The molecule has 0 fully saturated rings. The minimum absolute atomic E-state index is 0.0414. The van der Waals surface area contributed by atoms with E-state index in [0.717, 1.165) is 0 Å². The number of ketones is 1. The summed E-state index contributed by atoms with van der Waals surface area (Å²) in [4.78, 5) is 37.6. The van der Waals surface area contributed by atoms with Crippen LogP contribution < -0.4 is 14.8 Å². The molecule has 1 heterocycles. The second-order valence-corrected chi connectivity index (χ2v) is 7.41. The van der Waals surface area contributed by atoms with E-state index in [2.05, 4.69) is 5.32 Å². The molecule has 1 N–H and O–H groups in total. The fraction of sp³-hybridized carbons (Fsp3) is 0.348. The van der Waals surface area contributed by atoms with E-state index in [0.29, 0.717) is 30.3 Å². The summed E-state index contributed by atoms with van der Waals surface area (Å²) in [5, 5.41) is 2.77. The number of fused-ring (bicyclic) bond motifs is 1. The monoisotopic (exact) mass is 411 g/mol. The first kappa shape index (κ1) is 21.4. The number of rotatable bonds is 7. The molecule has 0 aliphatic carbocycles. The van der Waals surface area contributed by atoms with Gasteiger partial charge in [0.05, 0.1) is 5.56 Å². The molecular weight excluding hydrogens is 386 g/mol. The lowest BCUT2D eigenvalue weighted by Gasteiger charge is -2.19. The number of benzene rings is 2. The standard InChI is InChI=1S/C23H25NO6/c1-14(2)15(3)24-21(25)13-30-23(27)18-7-5-4-6-17(18)22(26)16-8-9-19-20(12-16)29-11-10-28-19/h4-9,12,14-15H,10-11,13H2,1-3H3,(H,24,25)/t15-/m1/s1. The average molecular weight is 411 g/mol. The highest BCUT2D eigenvalue weighted by Gasteiger charge is 2.22. The van der Waals surface area contributed by atoms with Gasteiger partial charge >= 0.3 is 5.97 Å². The number of carbonyl (C=O) groups excluding carboxylic acids is 3. The van der Waals surface area contributed by atoms with Crippen molar-refractivity contribution in [2.45, 2.75) is 26.8 Å². The fourth-order valence-corrected chi connectivity index (χ4v) is 2.87. The third-order valence-electron chi connectivity index (χ3n) is 4.92. The molecule has 7 nitrogen and oxygen atoms in total. The largest absolute Gasteiger partial charge is 0.486 e. The maximum atomic E-state index is 13.0. The van der Waals surface area contributed by atoms with E-state index in [1.807, 2.05) is 20.8 Å². The lowest BCUT2D eigenvalue weighted by atomic mass is 9.98. The van der Waals surface area contributed by atoms with Crippen LogP contribution in [-0.2, 0) is 9.53 Å². The van der Waals surface area contributed by atoms with E-state index < -0.39 is 12.6 Å². The van der Waals surface area contributed by atoms with E-state index in [1.54, 1.807) is 36.4 Å². The summed E-state index contributed by atoms with van der Waals surface area (Å²) >= 11 is 0. The molecule has 0 radical (unpaired) electrons. The van der Waals surface area contributed by atoms with Gasteiger partial charge in [-0.25, -0.2) is 4.79 Å². The van der Waals surface area contributed by atoms with Crippen LogP contribution in [0.25, 0.3) is 0 Å². The highest BCUT2D eigenvalue weighted by Crippen LogP contribution is 2.31. The Morgan fingerprint density at radius 2 is 1.63 bits per heavy atom. The number of amides is 1. The summed E-state index contributed by atoms with van der Waals surface area (Å²) in [7, 11) is 0. The van der Waals surface area contributed by atoms with Crippen molar-refractivity contribution in [3.63, 3.8) is 0 Å². The summed E-state index contributed by atoms with van der Waals surface area (Å²) in [6.45, 7) is 6.30. The molecule has 1 atom stereocenters. The number of ether oxygens (including phenoxy) is 3. The third kappa shape index (κ3) is 4.97. The molecule has 7 heteroatoms. The summed E-state index contributed by atoms with van der Waals surface area (Å²) < 4.78 is 16.1. The molecule has 0 bridgehead atoms. The van der Waals surface area contributed by atoms with Crippen LogP contribution in [-0.4, -0.2) is 43.5 Å². The van der Waals surface area contributed by atoms with Crippen LogP contribution in [0.1, 0.15) is 47.1 Å². The van der Waals surface area contributed by atoms with Crippen LogP contribution in [0, 0.1) is 5.92 Å². The van der Waals surface area contributed by atoms with Gasteiger partial charge in [-0.1, -0.05) is 32.0 Å². The van der Waals surface area contributed by atoms with Crippen LogP contribution in [0.4, 0.5) is 0 Å². The van der Waals surface area contributed by atoms with Gasteiger partial charge in [0.2, 0.25) is 0 Å². The average Bonchev–Trinajstić information content (AvgIpc) is 2.76. The van der Waals surface area contributed by atoms with Crippen molar-refractivity contribution in [1.82, 2.24) is 5.32 Å². The van der Waals surface area contributed by atoms with Gasteiger partial charge < -0.3 is 19.5 Å². The Kier molecular flexibility index (Phi) is 6.72. The maximum absolute atomic E-state index is 13.0. The number of nitrogens with one attached hydrogen (secondary N) is 1. The van der Waals surface area contributed by atoms with E-state index in [1.165, 1.54) is 6.07 Å². The Morgan fingerprint density at radius 1 is 0.967 bits per heavy atom. The van der Waals surface area contributed by atoms with Crippen molar-refractivity contribution in [3.8, 4) is 11.5 Å². The van der Waals surface area contributed by atoms with Crippen LogP contribution in [0.2, 0.25) is 0 Å². The quantitative estimate of drug-likeness (QED) is 0.556. The second kappa shape index (κ2) is 9.43. The van der Waals surface area contributed by atoms with Gasteiger partial charge in [-0.2, -0.15) is 0 Å². The molecule has 158 valence electrons. The highest BCUT2D eigenvalue weighted by molar-refractivity contribution is 6.14. The zero-order valence-electron chi connectivity index (χ0n) is 17.3. The molecule has 2 aromatic rings. The van der Waals surface area contributed by atoms with Gasteiger partial charge in [0, 0.05) is 17.2 Å². The Hall–Kier alpha value is -3.35. The normalized spacial score (nSPS) is 13.5. The first-order valence-electron chi connectivity index (χ1n) is 9.86. The Bertz CT molecular complexity index is 952. The maximum Gasteiger partial charge on any atom is 0.339 e. The SMILES string of the molecule is CC(C)[C@@H](C)NC(=O)COC(=O)c1ccccc1C(=O)c1ccc2c(c1)OCCO2. The van der Waals surface area contributed by atoms with Crippen molar-refractivity contribution in [1.29, 1.82) is 0 Å². The summed E-state index contributed by atoms with van der Waals surface area (Å²) in [5.41, 5.74) is 0.653. The summed E-state index contributed by atoms with van der Waals surface area (Å²) in [5.74, 6) is -0.148. The third-order valence-corrected chi connectivity index (χ3v) is 4.92. The Morgan fingerprint density at radius 3 is 2.33 bits per heavy atom. The van der Waals surface area contributed by atoms with Crippen molar-refractivity contribution in [2.75, 3.05) is 19.8 Å². The molecule has 0 spiro atoms. The van der Waals surface area contributed by atoms with E-state index in [-0.39, 0.29) is 34.8 Å². The molecule has 0 saturated carbocycles. The minimum Gasteiger partial charge on any atom is -0.486 e. The second-order valence-electron chi connectivity index (χ2n) is 7.41. The lowest BCUT2D eigenvalue weighted by molar-refractivity contribution is -0.125. The van der Waals surface area contributed by atoms with Crippen LogP contribution >= 0.6 is 0 Å². The molecule has 2 aromatic carbocycles. The summed E-state index contributed by atoms with van der Waals surface area (Å²) in [6.07, 6.45) is 0. The van der Waals surface area contributed by atoms with Crippen LogP contribution in [0.5, 0.6) is 11.5 Å². The first-order valence-corrected chi connectivity index (χ1v) is 9.86. The molecule has 3 rings (SSSR count). The molecule has 1 amide bonds. The van der Waals surface area contributed by atoms with Crippen molar-refractivity contribution in [2.24, 2.45) is 5.92 Å². The van der Waals surface area contributed by atoms with Crippen LogP contribution in [0.3, 0.4) is 0 Å². The molecule has 30 heavy (non-hydrogen) atoms. The van der Waals surface area contributed by atoms with Gasteiger partial charge in [-0.3, -0.25) is 9.59 Å². The predicted molar refractivity (Wildman–Crippen MR) is 110 cm³/mol. The molecule has 0 saturated heterocycles. The van der Waals surface area contributed by atoms with Crippen molar-refractivity contribution in [3.05, 3.63) is 59.2 Å². The smallest absolute Gasteiger partial charge is 0.339 e. The lowest BCUT2D eigenvalue weighted by Crippen LogP contribution is -2.38. The van der Waals surface area contributed by atoms with Crippen molar-refractivity contribution >= 4 is 17.7 Å². The molecule has 1 aliphatic heterocycles. The molecular formula is C23H25NO6. The predicted octanol–water partition coefficient (Wildman–Crippen LogP) is 3.01. The van der Waals surface area contributed by atoms with E-state index >= 15 is 0 Å². The number of esters is 1. The number of carbonyl (C=O) groups is 3. The van der Waals surface area contributed by atoms with E-state index in [4.69, 9.17) is 14.2 Å². The molecule has 0 aromatic heterocycles. The molecule has 0 unspecified atom stereocenters. The number of hydrogen-bond acceptors (Lipinski definition) is 6. The fourth-order valence-electron chi connectivity index (χ4n) is 2.87. The van der Waals surface area contributed by atoms with Gasteiger partial charge in [-0.15, -0.1) is 0 Å². The minimum atomic E-state index is -0.733. The van der Waals surface area contributed by atoms with Gasteiger partial charge in [0.1, 0.15) is 13.2 Å². The number of hydrogen-bond donors (Lipinski definition) is 1. The Balaban J connectivity index is 1.73. The van der Waals surface area contributed by atoms with Gasteiger partial charge in [-0.05, 0) is 37.1 Å². The zero-order valence-corrected chi connectivity index (χ0v) is 17.3.